The normalized spacial score (nSPS) is 15.1. The van der Waals surface area contributed by atoms with E-state index in [4.69, 9.17) is 13.9 Å². The van der Waals surface area contributed by atoms with E-state index < -0.39 is 28.9 Å². The zero-order valence-electron chi connectivity index (χ0n) is 25.0. The first kappa shape index (κ1) is 30.3. The van der Waals surface area contributed by atoms with Gasteiger partial charge in [0.1, 0.15) is 28.5 Å². The molecule has 0 radical (unpaired) electrons. The zero-order chi connectivity index (χ0) is 31.1. The lowest BCUT2D eigenvalue weighted by Crippen LogP contribution is -2.52. The van der Waals surface area contributed by atoms with Crippen LogP contribution in [0.3, 0.4) is 0 Å². The topological polar surface area (TPSA) is 129 Å². The van der Waals surface area contributed by atoms with Gasteiger partial charge < -0.3 is 23.9 Å². The Balaban J connectivity index is 1.70. The number of carboxylic acid groups (broad SMARTS) is 1. The fourth-order valence-electron chi connectivity index (χ4n) is 5.55. The fraction of sp³-hybridized carbons (Fsp3) is 0.419. The minimum absolute atomic E-state index is 0.0113. The summed E-state index contributed by atoms with van der Waals surface area (Å²) in [6.45, 7) is 12.1. The number of nitrogens with zero attached hydrogens (tertiary/aromatic N) is 4. The molecule has 11 nitrogen and oxygen atoms in total. The van der Waals surface area contributed by atoms with Crippen molar-refractivity contribution in [3.05, 3.63) is 81.0 Å². The van der Waals surface area contributed by atoms with Crippen molar-refractivity contribution in [2.45, 2.75) is 64.8 Å². The third-order valence-electron chi connectivity index (χ3n) is 8.09. The number of allylic oxidation sites excluding steroid dienone is 1. The lowest BCUT2D eigenvalue weighted by molar-refractivity contribution is -0.146. The molecule has 43 heavy (non-hydrogen) atoms. The van der Waals surface area contributed by atoms with Gasteiger partial charge in [0.05, 0.1) is 36.2 Å². The third-order valence-corrected chi connectivity index (χ3v) is 9.40. The van der Waals surface area contributed by atoms with Gasteiger partial charge in [0.15, 0.2) is 0 Å². The van der Waals surface area contributed by atoms with Gasteiger partial charge in [-0.25, -0.2) is 19.1 Å². The van der Waals surface area contributed by atoms with E-state index in [0.717, 1.165) is 41.8 Å². The van der Waals surface area contributed by atoms with Crippen molar-refractivity contribution >= 4 is 27.5 Å². The highest BCUT2D eigenvalue weighted by Crippen LogP contribution is 2.38. The number of thiophene rings is 1. The second-order valence-electron chi connectivity index (χ2n) is 11.3. The molecule has 4 heterocycles. The number of carbonyl (C=O) groups is 1. The summed E-state index contributed by atoms with van der Waals surface area (Å²) in [6.07, 6.45) is 3.71. The number of aromatic nitrogens is 3. The number of rotatable bonds is 10. The summed E-state index contributed by atoms with van der Waals surface area (Å²) in [7, 11) is 1.58. The first-order chi connectivity index (χ1) is 20.4. The number of likely N-dealkylation sites (tertiary alicyclic amines) is 1. The summed E-state index contributed by atoms with van der Waals surface area (Å²) in [5, 5.41) is 10.3. The predicted molar refractivity (Wildman–Crippen MR) is 164 cm³/mol. The van der Waals surface area contributed by atoms with Crippen molar-refractivity contribution in [2.24, 2.45) is 0 Å². The van der Waals surface area contributed by atoms with Crippen molar-refractivity contribution in [1.29, 1.82) is 0 Å². The SMILES string of the molecule is C=C(C)N1CCC(OC(Cn2c(=O)n(C(C)(C)C(=O)O)c(=O)c3c(C)c(-c4ncco4)sc32)c2ccccc2OC)CC1. The van der Waals surface area contributed by atoms with E-state index in [9.17, 15) is 19.5 Å². The summed E-state index contributed by atoms with van der Waals surface area (Å²) in [5.41, 5.74) is -0.950. The number of oxazole rings is 1. The molecule has 0 amide bonds. The summed E-state index contributed by atoms with van der Waals surface area (Å²) < 4.78 is 20.2. The van der Waals surface area contributed by atoms with E-state index in [1.54, 1.807) is 14.0 Å². The number of piperidine rings is 1. The molecular weight excluding hydrogens is 572 g/mol. The predicted octanol–water partition coefficient (Wildman–Crippen LogP) is 4.77. The summed E-state index contributed by atoms with van der Waals surface area (Å²) in [6, 6.07) is 7.46. The average molecular weight is 609 g/mol. The number of aliphatic carboxylic acids is 1. The van der Waals surface area contributed by atoms with Crippen LogP contribution in [0, 0.1) is 6.92 Å². The molecule has 5 rings (SSSR count). The first-order valence-electron chi connectivity index (χ1n) is 14.1. The van der Waals surface area contributed by atoms with Crippen LogP contribution in [-0.2, 0) is 21.6 Å². The number of benzene rings is 1. The number of fused-ring (bicyclic) bond motifs is 1. The highest BCUT2D eigenvalue weighted by atomic mass is 32.1. The van der Waals surface area contributed by atoms with E-state index in [1.807, 2.05) is 31.2 Å². The molecule has 4 aromatic rings. The Hall–Kier alpha value is -4.16. The van der Waals surface area contributed by atoms with Crippen LogP contribution >= 0.6 is 11.3 Å². The van der Waals surface area contributed by atoms with Gasteiger partial charge >= 0.3 is 11.7 Å². The van der Waals surface area contributed by atoms with Crippen LogP contribution in [-0.4, -0.2) is 56.4 Å². The Morgan fingerprint density at radius 3 is 2.56 bits per heavy atom. The van der Waals surface area contributed by atoms with Crippen LogP contribution in [0.1, 0.15) is 50.8 Å². The smallest absolute Gasteiger partial charge is 0.333 e. The molecule has 1 aliphatic heterocycles. The largest absolute Gasteiger partial charge is 0.496 e. The maximum Gasteiger partial charge on any atom is 0.333 e. The molecule has 228 valence electrons. The Bertz CT molecular complexity index is 1780. The summed E-state index contributed by atoms with van der Waals surface area (Å²) >= 11 is 1.20. The van der Waals surface area contributed by atoms with Gasteiger partial charge in [0.2, 0.25) is 5.89 Å². The average Bonchev–Trinajstić information content (AvgIpc) is 3.63. The molecule has 1 aromatic carbocycles. The van der Waals surface area contributed by atoms with Crippen LogP contribution in [0.2, 0.25) is 0 Å². The van der Waals surface area contributed by atoms with Gasteiger partial charge in [-0.05, 0) is 52.2 Å². The Morgan fingerprint density at radius 2 is 1.95 bits per heavy atom. The monoisotopic (exact) mass is 608 g/mol. The van der Waals surface area contributed by atoms with Crippen molar-refractivity contribution < 1.29 is 23.8 Å². The molecule has 1 unspecified atom stereocenters. The molecule has 1 atom stereocenters. The Labute approximate surface area is 252 Å². The van der Waals surface area contributed by atoms with Gasteiger partial charge in [-0.3, -0.25) is 9.36 Å². The van der Waals surface area contributed by atoms with Gasteiger partial charge in [-0.2, -0.15) is 0 Å². The number of methoxy groups -OCH3 is 1. The number of para-hydroxylation sites is 1. The molecule has 1 N–H and O–H groups in total. The third kappa shape index (κ3) is 5.52. The van der Waals surface area contributed by atoms with Gasteiger partial charge in [0.25, 0.3) is 5.56 Å². The van der Waals surface area contributed by atoms with Crippen LogP contribution in [0.5, 0.6) is 5.75 Å². The highest BCUT2D eigenvalue weighted by Gasteiger charge is 2.36. The molecule has 0 aliphatic carbocycles. The molecule has 0 spiro atoms. The maximum atomic E-state index is 14.2. The van der Waals surface area contributed by atoms with Crippen LogP contribution in [0.15, 0.2) is 63.0 Å². The maximum absolute atomic E-state index is 14.2. The number of ether oxygens (including phenoxy) is 2. The van der Waals surface area contributed by atoms with E-state index in [2.05, 4.69) is 16.5 Å². The van der Waals surface area contributed by atoms with Crippen LogP contribution in [0.25, 0.3) is 21.0 Å². The molecule has 0 bridgehead atoms. The van der Waals surface area contributed by atoms with Crippen LogP contribution < -0.4 is 16.0 Å². The van der Waals surface area contributed by atoms with Crippen molar-refractivity contribution in [3.8, 4) is 16.5 Å². The second kappa shape index (κ2) is 11.8. The highest BCUT2D eigenvalue weighted by molar-refractivity contribution is 7.22. The molecule has 1 aliphatic rings. The van der Waals surface area contributed by atoms with E-state index in [0.29, 0.717) is 26.9 Å². The Morgan fingerprint density at radius 1 is 1.26 bits per heavy atom. The molecule has 12 heteroatoms. The minimum atomic E-state index is -1.82. The number of aryl methyl sites for hydroxylation is 1. The lowest BCUT2D eigenvalue weighted by Gasteiger charge is -2.35. The minimum Gasteiger partial charge on any atom is -0.496 e. The molecule has 1 fully saturated rings. The van der Waals surface area contributed by atoms with Gasteiger partial charge in [-0.1, -0.05) is 24.8 Å². The van der Waals surface area contributed by atoms with E-state index >= 15 is 0 Å². The zero-order valence-corrected chi connectivity index (χ0v) is 25.8. The molecule has 1 saturated heterocycles. The quantitative estimate of drug-likeness (QED) is 0.271. The summed E-state index contributed by atoms with van der Waals surface area (Å²) in [4.78, 5) is 47.9. The summed E-state index contributed by atoms with van der Waals surface area (Å²) in [5.74, 6) is -0.402. The van der Waals surface area contributed by atoms with E-state index in [1.165, 1.54) is 42.2 Å². The lowest BCUT2D eigenvalue weighted by atomic mass is 10.0. The van der Waals surface area contributed by atoms with Crippen molar-refractivity contribution in [3.63, 3.8) is 0 Å². The number of carboxylic acids is 1. The standard InChI is InChI=1S/C31H36N4O7S/c1-18(2)33-14-11-20(12-15-33)42-23(21-9-7-8-10-22(21)40-6)17-34-28-24(19(3)25(43-28)26-32-13-16-41-26)27(36)35(30(34)39)31(4,5)29(37)38/h7-10,13,16,20,23H,1,11-12,14-15,17H2,2-6H3,(H,37,38). The molecule has 3 aromatic heterocycles. The van der Waals surface area contributed by atoms with Gasteiger partial charge in [-0.15, -0.1) is 11.3 Å². The second-order valence-corrected chi connectivity index (χ2v) is 12.3. The Kier molecular flexibility index (Phi) is 8.35. The molecule has 0 saturated carbocycles. The van der Waals surface area contributed by atoms with E-state index in [-0.39, 0.29) is 18.0 Å². The van der Waals surface area contributed by atoms with Gasteiger partial charge in [0, 0.05) is 24.4 Å². The molecular formula is C31H36N4O7S. The number of hydrogen-bond donors (Lipinski definition) is 1. The first-order valence-corrected chi connectivity index (χ1v) is 14.9. The van der Waals surface area contributed by atoms with Crippen molar-refractivity contribution in [1.82, 2.24) is 19.0 Å². The van der Waals surface area contributed by atoms with Crippen LogP contribution in [0.4, 0.5) is 0 Å². The fourth-order valence-corrected chi connectivity index (χ4v) is 6.80. The number of hydrogen-bond acceptors (Lipinski definition) is 9. The van der Waals surface area contributed by atoms with Crippen molar-refractivity contribution in [2.75, 3.05) is 20.2 Å².